The van der Waals surface area contributed by atoms with E-state index in [1.54, 1.807) is 6.07 Å². The van der Waals surface area contributed by atoms with Gasteiger partial charge >= 0.3 is 5.56 Å². The second kappa shape index (κ2) is 8.24. The summed E-state index contributed by atoms with van der Waals surface area (Å²) >= 11 is 0. The fourth-order valence-corrected chi connectivity index (χ4v) is 4.45. The first-order valence-electron chi connectivity index (χ1n) is 12.0. The Hall–Kier alpha value is -3.10. The fourth-order valence-electron chi connectivity index (χ4n) is 4.45. The molecule has 0 N–H and O–H groups in total. The van der Waals surface area contributed by atoms with Crippen LogP contribution in [-0.4, -0.2) is 76.0 Å². The molecule has 1 aromatic carbocycles. The van der Waals surface area contributed by atoms with E-state index in [-0.39, 0.29) is 11.8 Å². The summed E-state index contributed by atoms with van der Waals surface area (Å²) < 4.78 is 33.8. The Morgan fingerprint density at radius 1 is 1.06 bits per heavy atom. The van der Waals surface area contributed by atoms with Crippen LogP contribution in [0.2, 0.25) is 0 Å². The first kappa shape index (κ1) is 23.6. The third kappa shape index (κ3) is 4.15. The van der Waals surface area contributed by atoms with Gasteiger partial charge in [-0.2, -0.15) is 8.91 Å². The molecule has 0 radical (unpaired) electrons. The number of fused-ring (bicyclic) bond motifs is 2. The zero-order chi connectivity index (χ0) is 25.1. The van der Waals surface area contributed by atoms with E-state index in [0.29, 0.717) is 36.1 Å². The van der Waals surface area contributed by atoms with E-state index in [2.05, 4.69) is 15.0 Å². The molecule has 2 aromatic heterocycles. The van der Waals surface area contributed by atoms with E-state index >= 15 is 0 Å². The van der Waals surface area contributed by atoms with Gasteiger partial charge in [0.25, 0.3) is 0 Å². The minimum Gasteiger partial charge on any atom is -0.499 e. The van der Waals surface area contributed by atoms with Gasteiger partial charge in [-0.25, -0.2) is 4.98 Å². The third-order valence-corrected chi connectivity index (χ3v) is 7.23. The Bertz CT molecular complexity index is 1380. The van der Waals surface area contributed by atoms with E-state index in [1.165, 1.54) is 6.92 Å². The average molecular weight is 474 g/mol. The highest BCUT2D eigenvalue weighted by Crippen LogP contribution is 2.41. The molecule has 0 spiro atoms. The van der Waals surface area contributed by atoms with Crippen molar-refractivity contribution in [1.29, 1.82) is 0 Å². The van der Waals surface area contributed by atoms with Crippen LogP contribution in [0.15, 0.2) is 29.1 Å². The van der Waals surface area contributed by atoms with Gasteiger partial charge in [0.15, 0.2) is 23.0 Å². The van der Waals surface area contributed by atoms with Crippen molar-refractivity contribution in [3.8, 4) is 17.2 Å². The van der Waals surface area contributed by atoms with Crippen LogP contribution in [0, 0.1) is 19.7 Å². The lowest BCUT2D eigenvalue weighted by molar-refractivity contribution is 0.0609. The highest BCUT2D eigenvalue weighted by molar-refractivity contribution is 6.53. The highest BCUT2D eigenvalue weighted by Gasteiger charge is 2.44. The molecule has 1 fully saturated rings. The van der Waals surface area contributed by atoms with Gasteiger partial charge in [0.2, 0.25) is 5.82 Å². The highest BCUT2D eigenvalue weighted by atomic mass is 19.1. The molecular weight excluding hydrogens is 447 g/mol. The molecule has 0 bridgehead atoms. The quantitative estimate of drug-likeness (QED) is 0.429. The van der Waals surface area contributed by atoms with Crippen molar-refractivity contribution in [2.75, 3.05) is 18.0 Å². The molecule has 8 nitrogen and oxygen atoms in total. The molecule has 13 heteroatoms. The van der Waals surface area contributed by atoms with Crippen molar-refractivity contribution in [3.63, 3.8) is 0 Å². The number of benzene rings is 1. The minimum absolute atomic E-state index is 0.0310. The second-order valence-electron chi connectivity index (χ2n) is 10.4. The zero-order valence-electron chi connectivity index (χ0n) is 21.0. The fraction of sp³-hybridized carbons (Fsp3) is 0.409. The summed E-state index contributed by atoms with van der Waals surface area (Å²) in [7, 11) is 8.07. The second-order valence-corrected chi connectivity index (χ2v) is 10.4. The number of aromatic nitrogens is 3. The predicted octanol–water partition coefficient (Wildman–Crippen LogP) is -1.50. The summed E-state index contributed by atoms with van der Waals surface area (Å²) in [6.07, 6.45) is 1.59. The van der Waals surface area contributed by atoms with Crippen LogP contribution in [0.3, 0.4) is 0 Å². The molecule has 5 rings (SSSR count). The monoisotopic (exact) mass is 474 g/mol. The number of hydrogen-bond acceptors (Lipinski definition) is 7. The first-order chi connectivity index (χ1) is 16.4. The van der Waals surface area contributed by atoms with Gasteiger partial charge in [-0.3, -0.25) is 4.79 Å². The zero-order valence-corrected chi connectivity index (χ0v) is 21.0. The number of anilines is 1. The lowest BCUT2D eigenvalue weighted by Gasteiger charge is -2.47. The topological polar surface area (TPSA) is 78.2 Å². The molecule has 2 aliphatic rings. The maximum Gasteiger partial charge on any atom is 0.310 e. The molecule has 35 heavy (non-hydrogen) atoms. The van der Waals surface area contributed by atoms with Gasteiger partial charge in [-0.05, 0) is 37.6 Å². The number of aryl methyl sites for hydroxylation is 2. The molecule has 0 atom stereocenters. The Morgan fingerprint density at radius 2 is 1.71 bits per heavy atom. The molecule has 0 saturated carbocycles. The maximum absolute atomic E-state index is 14.1. The molecule has 0 unspecified atom stereocenters. The smallest absolute Gasteiger partial charge is 0.310 e. The lowest BCUT2D eigenvalue weighted by atomic mass is 9.41. The molecule has 178 valence electrons. The summed E-state index contributed by atoms with van der Waals surface area (Å²) in [5.41, 5.74) is 0.531. The summed E-state index contributed by atoms with van der Waals surface area (Å²) in [5.74, 6) is 1.92. The number of piperidine rings is 1. The number of hydrogen-bond donors (Lipinski definition) is 0. The molecular formula is C22H27B4FN4O4. The van der Waals surface area contributed by atoms with Crippen molar-refractivity contribution in [3.05, 3.63) is 51.7 Å². The molecule has 0 aliphatic carbocycles. The van der Waals surface area contributed by atoms with E-state index in [1.807, 2.05) is 56.5 Å². The Balaban J connectivity index is 1.29. The minimum atomic E-state index is -0.872. The number of halogens is 1. The normalized spacial score (nSPS) is 19.0. The average Bonchev–Trinajstić information content (AvgIpc) is 2.79. The van der Waals surface area contributed by atoms with Gasteiger partial charge in [0.1, 0.15) is 43.2 Å². The molecule has 1 saturated heterocycles. The van der Waals surface area contributed by atoms with E-state index < -0.39 is 22.2 Å². The predicted molar refractivity (Wildman–Crippen MR) is 142 cm³/mol. The van der Waals surface area contributed by atoms with Gasteiger partial charge in [-0.1, -0.05) is 0 Å². The maximum atomic E-state index is 14.1. The van der Waals surface area contributed by atoms with Crippen LogP contribution in [0.5, 0.6) is 17.2 Å². The Morgan fingerprint density at radius 3 is 2.40 bits per heavy atom. The number of rotatable bonds is 3. The lowest BCUT2D eigenvalue weighted by Crippen LogP contribution is -2.65. The van der Waals surface area contributed by atoms with E-state index in [4.69, 9.17) is 14.2 Å². The van der Waals surface area contributed by atoms with Gasteiger partial charge in [-0.15, -0.1) is 5.10 Å². The van der Waals surface area contributed by atoms with Crippen molar-refractivity contribution >= 4 is 42.9 Å². The molecule has 0 amide bonds. The summed E-state index contributed by atoms with van der Waals surface area (Å²) in [5, 5.41) is 3.51. The van der Waals surface area contributed by atoms with Gasteiger partial charge in [0, 0.05) is 32.0 Å². The third-order valence-electron chi connectivity index (χ3n) is 7.23. The van der Waals surface area contributed by atoms with Crippen LogP contribution in [0.1, 0.15) is 24.1 Å². The summed E-state index contributed by atoms with van der Waals surface area (Å²) in [4.78, 5) is 18.6. The number of ether oxygens (including phenoxy) is 3. The summed E-state index contributed by atoms with van der Waals surface area (Å²) in [6, 6.07) is 7.47. The van der Waals surface area contributed by atoms with Crippen LogP contribution < -0.4 is 24.7 Å². The van der Waals surface area contributed by atoms with Crippen LogP contribution in [0.25, 0.3) is 5.65 Å². The van der Waals surface area contributed by atoms with Crippen LogP contribution >= 0.6 is 0 Å². The Kier molecular flexibility index (Phi) is 5.56. The largest absolute Gasteiger partial charge is 0.499 e. The standard InChI is InChI=1S/C22H27B4FN4O4/c1-11-9-17-28-12(2)18(27)20(32)31(17)29-19(11)30-7-5-13(6-8-30)33-14-3-4-15-16(10-14)35-22(25,26)21(23,24)34-15/h3-4,9-10,13H,5-8,23-26H2,1-2H3. The molecule has 2 aliphatic heterocycles. The van der Waals surface area contributed by atoms with E-state index in [0.717, 1.165) is 28.7 Å². The van der Waals surface area contributed by atoms with Crippen molar-refractivity contribution < 1.29 is 18.6 Å². The molecule has 4 heterocycles. The van der Waals surface area contributed by atoms with Crippen molar-refractivity contribution in [2.24, 2.45) is 0 Å². The van der Waals surface area contributed by atoms with Crippen molar-refractivity contribution in [1.82, 2.24) is 14.6 Å². The van der Waals surface area contributed by atoms with E-state index in [9.17, 15) is 9.18 Å². The Labute approximate surface area is 206 Å². The first-order valence-corrected chi connectivity index (χ1v) is 12.0. The number of nitrogens with zero attached hydrogens (tertiary/aromatic N) is 4. The van der Waals surface area contributed by atoms with Gasteiger partial charge < -0.3 is 19.1 Å². The van der Waals surface area contributed by atoms with Crippen molar-refractivity contribution in [2.45, 2.75) is 43.6 Å². The van der Waals surface area contributed by atoms with Crippen LogP contribution in [0.4, 0.5) is 10.2 Å². The summed E-state index contributed by atoms with van der Waals surface area (Å²) in [6.45, 7) is 4.81. The molecule has 3 aromatic rings. The van der Waals surface area contributed by atoms with Crippen LogP contribution in [-0.2, 0) is 0 Å². The van der Waals surface area contributed by atoms with Gasteiger partial charge in [0.05, 0.1) is 16.5 Å². The SMILES string of the molecule is BC1(B)Oc2ccc(OC3CCN(c4nn5c(=O)c(F)c(C)nc5cc4C)CC3)cc2OC1(B)B.